The summed E-state index contributed by atoms with van der Waals surface area (Å²) in [5.41, 5.74) is 2.42. The van der Waals surface area contributed by atoms with Gasteiger partial charge in [-0.15, -0.1) is 5.10 Å². The number of hydrogen-bond donors (Lipinski definition) is 1. The van der Waals surface area contributed by atoms with Crippen molar-refractivity contribution in [2.24, 2.45) is 0 Å². The lowest BCUT2D eigenvalue weighted by molar-refractivity contribution is 0.0697. The van der Waals surface area contributed by atoms with Crippen molar-refractivity contribution in [2.45, 2.75) is 13.8 Å². The molecule has 0 saturated heterocycles. The third kappa shape index (κ3) is 2.28. The van der Waals surface area contributed by atoms with E-state index in [4.69, 9.17) is 5.11 Å². The highest BCUT2D eigenvalue weighted by Crippen LogP contribution is 2.16. The van der Waals surface area contributed by atoms with Crippen LogP contribution < -0.4 is 0 Å². The standard InChI is InChI=1S/C12H11N3O2/c1-7-8(2)14-15-11(13-7)9-4-3-5-10(6-9)12(16)17/h3-6H,1-2H3,(H,16,17). The molecule has 0 unspecified atom stereocenters. The summed E-state index contributed by atoms with van der Waals surface area (Å²) in [6, 6.07) is 6.49. The van der Waals surface area contributed by atoms with Gasteiger partial charge in [-0.25, -0.2) is 9.78 Å². The van der Waals surface area contributed by atoms with Gasteiger partial charge in [0.15, 0.2) is 5.82 Å². The first-order valence-corrected chi connectivity index (χ1v) is 5.09. The predicted molar refractivity (Wildman–Crippen MR) is 61.7 cm³/mol. The first-order chi connectivity index (χ1) is 8.08. The monoisotopic (exact) mass is 229 g/mol. The lowest BCUT2D eigenvalue weighted by Gasteiger charge is -2.03. The van der Waals surface area contributed by atoms with Crippen LogP contribution in [-0.4, -0.2) is 26.3 Å². The molecular weight excluding hydrogens is 218 g/mol. The number of carboxylic acid groups (broad SMARTS) is 1. The van der Waals surface area contributed by atoms with E-state index in [2.05, 4.69) is 15.2 Å². The summed E-state index contributed by atoms with van der Waals surface area (Å²) in [5, 5.41) is 16.8. The Balaban J connectivity index is 2.49. The van der Waals surface area contributed by atoms with Crippen molar-refractivity contribution in [3.8, 4) is 11.4 Å². The highest BCUT2D eigenvalue weighted by Gasteiger charge is 2.08. The minimum atomic E-state index is -0.969. The number of hydrogen-bond acceptors (Lipinski definition) is 4. The maximum absolute atomic E-state index is 10.8. The number of benzene rings is 1. The highest BCUT2D eigenvalue weighted by atomic mass is 16.4. The Labute approximate surface area is 98.2 Å². The second kappa shape index (κ2) is 4.29. The van der Waals surface area contributed by atoms with Crippen molar-refractivity contribution in [3.63, 3.8) is 0 Å². The van der Waals surface area contributed by atoms with Gasteiger partial charge in [-0.1, -0.05) is 12.1 Å². The Morgan fingerprint density at radius 3 is 2.59 bits per heavy atom. The van der Waals surface area contributed by atoms with Crippen LogP contribution in [0.15, 0.2) is 24.3 Å². The van der Waals surface area contributed by atoms with Crippen LogP contribution in [-0.2, 0) is 0 Å². The fraction of sp³-hybridized carbons (Fsp3) is 0.167. The summed E-state index contributed by atoms with van der Waals surface area (Å²) in [4.78, 5) is 15.1. The summed E-state index contributed by atoms with van der Waals surface area (Å²) >= 11 is 0. The third-order valence-corrected chi connectivity index (χ3v) is 2.46. The van der Waals surface area contributed by atoms with Crippen molar-refractivity contribution >= 4 is 5.97 Å². The van der Waals surface area contributed by atoms with Crippen molar-refractivity contribution < 1.29 is 9.90 Å². The molecule has 1 N–H and O–H groups in total. The van der Waals surface area contributed by atoms with Crippen LogP contribution in [0.5, 0.6) is 0 Å². The van der Waals surface area contributed by atoms with Crippen LogP contribution in [0.1, 0.15) is 21.7 Å². The number of carbonyl (C=O) groups is 1. The highest BCUT2D eigenvalue weighted by molar-refractivity contribution is 5.89. The quantitative estimate of drug-likeness (QED) is 0.850. The van der Waals surface area contributed by atoms with Gasteiger partial charge >= 0.3 is 5.97 Å². The number of aryl methyl sites for hydroxylation is 2. The molecule has 0 aliphatic heterocycles. The van der Waals surface area contributed by atoms with Crippen molar-refractivity contribution in [3.05, 3.63) is 41.2 Å². The van der Waals surface area contributed by atoms with E-state index in [0.29, 0.717) is 11.4 Å². The van der Waals surface area contributed by atoms with E-state index < -0.39 is 5.97 Å². The molecule has 5 nitrogen and oxygen atoms in total. The van der Waals surface area contributed by atoms with Crippen LogP contribution >= 0.6 is 0 Å². The number of aromatic nitrogens is 3. The molecule has 0 saturated carbocycles. The second-order valence-corrected chi connectivity index (χ2v) is 3.69. The molecule has 5 heteroatoms. The second-order valence-electron chi connectivity index (χ2n) is 3.69. The summed E-state index contributed by atoms with van der Waals surface area (Å²) < 4.78 is 0. The third-order valence-electron chi connectivity index (χ3n) is 2.46. The van der Waals surface area contributed by atoms with Crippen LogP contribution in [0.3, 0.4) is 0 Å². The summed E-state index contributed by atoms with van der Waals surface area (Å²) in [5.74, 6) is -0.528. The largest absolute Gasteiger partial charge is 0.478 e. The van der Waals surface area contributed by atoms with Crippen LogP contribution in [0, 0.1) is 13.8 Å². The van der Waals surface area contributed by atoms with E-state index in [1.54, 1.807) is 12.1 Å². The van der Waals surface area contributed by atoms with Gasteiger partial charge in [0.05, 0.1) is 17.0 Å². The Morgan fingerprint density at radius 2 is 1.94 bits per heavy atom. The van der Waals surface area contributed by atoms with Gasteiger partial charge < -0.3 is 5.11 Å². The van der Waals surface area contributed by atoms with Crippen molar-refractivity contribution in [2.75, 3.05) is 0 Å². The zero-order valence-corrected chi connectivity index (χ0v) is 9.51. The van der Waals surface area contributed by atoms with Gasteiger partial charge in [0, 0.05) is 5.56 Å². The SMILES string of the molecule is Cc1nnc(-c2cccc(C(=O)O)c2)nc1C. The average molecular weight is 229 g/mol. The number of rotatable bonds is 2. The maximum Gasteiger partial charge on any atom is 0.335 e. The Kier molecular flexibility index (Phi) is 2.82. The zero-order valence-electron chi connectivity index (χ0n) is 9.51. The van der Waals surface area contributed by atoms with Gasteiger partial charge in [-0.3, -0.25) is 0 Å². The minimum absolute atomic E-state index is 0.212. The normalized spacial score (nSPS) is 10.2. The summed E-state index contributed by atoms with van der Waals surface area (Å²) in [7, 11) is 0. The van der Waals surface area contributed by atoms with Crippen LogP contribution in [0.2, 0.25) is 0 Å². The average Bonchev–Trinajstić information content (AvgIpc) is 2.33. The van der Waals surface area contributed by atoms with Crippen molar-refractivity contribution in [1.29, 1.82) is 0 Å². The van der Waals surface area contributed by atoms with E-state index in [9.17, 15) is 4.79 Å². The topological polar surface area (TPSA) is 76.0 Å². The molecule has 17 heavy (non-hydrogen) atoms. The van der Waals surface area contributed by atoms with E-state index in [-0.39, 0.29) is 5.56 Å². The van der Waals surface area contributed by atoms with Crippen molar-refractivity contribution in [1.82, 2.24) is 15.2 Å². The fourth-order valence-corrected chi connectivity index (χ4v) is 1.37. The van der Waals surface area contributed by atoms with Gasteiger partial charge in [-0.2, -0.15) is 5.10 Å². The molecule has 0 atom stereocenters. The first kappa shape index (κ1) is 11.2. The molecule has 1 heterocycles. The molecule has 2 aromatic rings. The summed E-state index contributed by atoms with van der Waals surface area (Å²) in [6.07, 6.45) is 0. The predicted octanol–water partition coefficient (Wildman–Crippen LogP) is 1.85. The number of nitrogens with zero attached hydrogens (tertiary/aromatic N) is 3. The van der Waals surface area contributed by atoms with E-state index >= 15 is 0 Å². The lowest BCUT2D eigenvalue weighted by Crippen LogP contribution is -2.00. The number of aromatic carboxylic acids is 1. The lowest BCUT2D eigenvalue weighted by atomic mass is 10.1. The van der Waals surface area contributed by atoms with Crippen LogP contribution in [0.25, 0.3) is 11.4 Å². The van der Waals surface area contributed by atoms with Gasteiger partial charge in [-0.05, 0) is 26.0 Å². The zero-order chi connectivity index (χ0) is 12.4. The molecule has 0 fully saturated rings. The molecule has 1 aromatic carbocycles. The molecule has 0 aliphatic carbocycles. The smallest absolute Gasteiger partial charge is 0.335 e. The molecule has 2 rings (SSSR count). The Morgan fingerprint density at radius 1 is 1.18 bits per heavy atom. The van der Waals surface area contributed by atoms with Gasteiger partial charge in [0.2, 0.25) is 0 Å². The van der Waals surface area contributed by atoms with Crippen LogP contribution in [0.4, 0.5) is 0 Å². The molecule has 1 aromatic heterocycles. The molecule has 0 spiro atoms. The molecule has 0 radical (unpaired) electrons. The van der Waals surface area contributed by atoms with E-state index in [1.165, 1.54) is 12.1 Å². The van der Waals surface area contributed by atoms with E-state index in [1.807, 2.05) is 13.8 Å². The molecular formula is C12H11N3O2. The maximum atomic E-state index is 10.8. The first-order valence-electron chi connectivity index (χ1n) is 5.09. The Bertz CT molecular complexity index is 582. The van der Waals surface area contributed by atoms with Gasteiger partial charge in [0.25, 0.3) is 0 Å². The minimum Gasteiger partial charge on any atom is -0.478 e. The fourth-order valence-electron chi connectivity index (χ4n) is 1.37. The Hall–Kier alpha value is -2.30. The molecule has 0 aliphatic rings. The molecule has 86 valence electrons. The molecule has 0 bridgehead atoms. The van der Waals surface area contributed by atoms with E-state index in [0.717, 1.165) is 11.4 Å². The number of carboxylic acids is 1. The molecule has 0 amide bonds. The van der Waals surface area contributed by atoms with Gasteiger partial charge in [0.1, 0.15) is 0 Å². The summed E-state index contributed by atoms with van der Waals surface area (Å²) in [6.45, 7) is 3.67.